The third kappa shape index (κ3) is 3.32. The standard InChI is InChI=1S/C21H18O2/c22-21(23)20(18-14-8-3-9-15-18)19(16-10-4-1-5-11-16)17-12-6-2-7-13-17/h1-15,19-20H,(H,22,23)/p-1/t20-/m1/s1. The van der Waals surface area contributed by atoms with E-state index in [0.717, 1.165) is 16.7 Å². The summed E-state index contributed by atoms with van der Waals surface area (Å²) < 4.78 is 0. The van der Waals surface area contributed by atoms with Gasteiger partial charge in [-0.05, 0) is 16.7 Å². The zero-order valence-corrected chi connectivity index (χ0v) is 12.6. The first kappa shape index (κ1) is 15.0. The van der Waals surface area contributed by atoms with E-state index in [1.54, 1.807) is 0 Å². The lowest BCUT2D eigenvalue weighted by atomic mass is 9.77. The van der Waals surface area contributed by atoms with Crippen molar-refractivity contribution in [3.63, 3.8) is 0 Å². The van der Waals surface area contributed by atoms with Crippen molar-refractivity contribution < 1.29 is 9.90 Å². The molecule has 23 heavy (non-hydrogen) atoms. The van der Waals surface area contributed by atoms with Crippen LogP contribution in [0.15, 0.2) is 91.0 Å². The summed E-state index contributed by atoms with van der Waals surface area (Å²) in [5.74, 6) is -2.08. The van der Waals surface area contributed by atoms with Gasteiger partial charge in [0.05, 0.1) is 0 Å². The van der Waals surface area contributed by atoms with E-state index in [0.29, 0.717) is 0 Å². The Balaban J connectivity index is 2.15. The summed E-state index contributed by atoms with van der Waals surface area (Å²) >= 11 is 0. The number of carbonyl (C=O) groups excluding carboxylic acids is 1. The predicted molar refractivity (Wildman–Crippen MR) is 88.9 cm³/mol. The maximum absolute atomic E-state index is 12.0. The van der Waals surface area contributed by atoms with Crippen molar-refractivity contribution in [2.75, 3.05) is 0 Å². The van der Waals surface area contributed by atoms with Gasteiger partial charge in [0.1, 0.15) is 0 Å². The number of hydrogen-bond donors (Lipinski definition) is 0. The van der Waals surface area contributed by atoms with Crippen LogP contribution < -0.4 is 5.11 Å². The van der Waals surface area contributed by atoms with Crippen LogP contribution in [0.3, 0.4) is 0 Å². The fourth-order valence-electron chi connectivity index (χ4n) is 3.02. The van der Waals surface area contributed by atoms with Crippen molar-refractivity contribution in [2.45, 2.75) is 11.8 Å². The molecule has 0 bridgehead atoms. The van der Waals surface area contributed by atoms with E-state index in [2.05, 4.69) is 0 Å². The van der Waals surface area contributed by atoms with Crippen molar-refractivity contribution in [3.8, 4) is 0 Å². The molecule has 0 N–H and O–H groups in total. The van der Waals surface area contributed by atoms with Gasteiger partial charge >= 0.3 is 0 Å². The number of carbonyl (C=O) groups is 1. The average molecular weight is 301 g/mol. The topological polar surface area (TPSA) is 40.1 Å². The predicted octanol–water partition coefficient (Wildman–Crippen LogP) is 3.35. The Morgan fingerprint density at radius 3 is 1.30 bits per heavy atom. The van der Waals surface area contributed by atoms with Crippen LogP contribution in [0.1, 0.15) is 28.5 Å². The Bertz CT molecular complexity index is 712. The van der Waals surface area contributed by atoms with Gasteiger partial charge in [0, 0.05) is 17.8 Å². The van der Waals surface area contributed by atoms with Crippen molar-refractivity contribution in [2.24, 2.45) is 0 Å². The molecule has 0 heterocycles. The monoisotopic (exact) mass is 301 g/mol. The van der Waals surface area contributed by atoms with E-state index in [1.807, 2.05) is 91.0 Å². The average Bonchev–Trinajstić information content (AvgIpc) is 2.61. The molecule has 1 atom stereocenters. The number of carboxylic acid groups (broad SMARTS) is 1. The van der Waals surface area contributed by atoms with Crippen LogP contribution in [-0.2, 0) is 4.79 Å². The number of benzene rings is 3. The fourth-order valence-corrected chi connectivity index (χ4v) is 3.02. The van der Waals surface area contributed by atoms with Crippen LogP contribution in [0.4, 0.5) is 0 Å². The molecule has 3 rings (SSSR count). The first-order valence-corrected chi connectivity index (χ1v) is 7.63. The summed E-state index contributed by atoms with van der Waals surface area (Å²) in [6, 6.07) is 28.8. The molecule has 0 aromatic heterocycles. The van der Waals surface area contributed by atoms with Crippen molar-refractivity contribution >= 4 is 5.97 Å². The lowest BCUT2D eigenvalue weighted by Crippen LogP contribution is -2.34. The van der Waals surface area contributed by atoms with E-state index in [-0.39, 0.29) is 5.92 Å². The van der Waals surface area contributed by atoms with Gasteiger partial charge < -0.3 is 9.90 Å². The molecule has 0 spiro atoms. The molecule has 3 aromatic carbocycles. The van der Waals surface area contributed by atoms with Gasteiger partial charge in [-0.3, -0.25) is 0 Å². The smallest absolute Gasteiger partial charge is 0.0498 e. The number of carboxylic acids is 1. The van der Waals surface area contributed by atoms with Gasteiger partial charge in [0.15, 0.2) is 0 Å². The second-order valence-electron chi connectivity index (χ2n) is 5.51. The number of hydrogen-bond acceptors (Lipinski definition) is 2. The van der Waals surface area contributed by atoms with E-state index < -0.39 is 11.9 Å². The first-order chi connectivity index (χ1) is 11.3. The maximum Gasteiger partial charge on any atom is 0.0498 e. The van der Waals surface area contributed by atoms with Crippen LogP contribution in [0.25, 0.3) is 0 Å². The third-order valence-corrected chi connectivity index (χ3v) is 4.06. The minimum atomic E-state index is -1.06. The largest absolute Gasteiger partial charge is 0.549 e. The molecule has 0 aliphatic rings. The quantitative estimate of drug-likeness (QED) is 0.725. The lowest BCUT2D eigenvalue weighted by Gasteiger charge is -2.29. The van der Waals surface area contributed by atoms with E-state index in [1.165, 1.54) is 0 Å². The Kier molecular flexibility index (Phi) is 4.53. The Labute approximate surface area is 136 Å². The van der Waals surface area contributed by atoms with Gasteiger partial charge in [0.25, 0.3) is 0 Å². The third-order valence-electron chi connectivity index (χ3n) is 4.06. The summed E-state index contributed by atoms with van der Waals surface area (Å²) in [5, 5.41) is 12.0. The van der Waals surface area contributed by atoms with E-state index in [9.17, 15) is 9.90 Å². The number of aliphatic carboxylic acids is 1. The van der Waals surface area contributed by atoms with Crippen molar-refractivity contribution in [1.82, 2.24) is 0 Å². The Hall–Kier alpha value is -2.87. The fraction of sp³-hybridized carbons (Fsp3) is 0.0952. The molecule has 0 radical (unpaired) electrons. The molecule has 0 amide bonds. The molecule has 0 saturated carbocycles. The minimum Gasteiger partial charge on any atom is -0.549 e. The van der Waals surface area contributed by atoms with Crippen LogP contribution in [0.2, 0.25) is 0 Å². The molecular weight excluding hydrogens is 284 g/mol. The molecule has 2 nitrogen and oxygen atoms in total. The van der Waals surface area contributed by atoms with Crippen molar-refractivity contribution in [1.29, 1.82) is 0 Å². The summed E-state index contributed by atoms with van der Waals surface area (Å²) in [7, 11) is 0. The molecule has 2 heteroatoms. The van der Waals surface area contributed by atoms with E-state index in [4.69, 9.17) is 0 Å². The highest BCUT2D eigenvalue weighted by Gasteiger charge is 2.27. The lowest BCUT2D eigenvalue weighted by molar-refractivity contribution is -0.308. The molecule has 0 saturated heterocycles. The van der Waals surface area contributed by atoms with Gasteiger partial charge in [-0.25, -0.2) is 0 Å². The summed E-state index contributed by atoms with van der Waals surface area (Å²) in [5.41, 5.74) is 2.69. The second-order valence-corrected chi connectivity index (χ2v) is 5.51. The minimum absolute atomic E-state index is 0.287. The van der Waals surface area contributed by atoms with Crippen LogP contribution in [0, 0.1) is 0 Å². The first-order valence-electron chi connectivity index (χ1n) is 7.63. The van der Waals surface area contributed by atoms with Crippen LogP contribution >= 0.6 is 0 Å². The Morgan fingerprint density at radius 2 is 0.957 bits per heavy atom. The summed E-state index contributed by atoms with van der Waals surface area (Å²) in [4.78, 5) is 12.0. The zero-order chi connectivity index (χ0) is 16.1. The molecule has 3 aromatic rings. The van der Waals surface area contributed by atoms with Crippen molar-refractivity contribution in [3.05, 3.63) is 108 Å². The normalized spacial score (nSPS) is 12.0. The van der Waals surface area contributed by atoms with Gasteiger partial charge in [-0.15, -0.1) is 0 Å². The molecule has 0 aliphatic carbocycles. The van der Waals surface area contributed by atoms with E-state index >= 15 is 0 Å². The van der Waals surface area contributed by atoms with Crippen LogP contribution in [-0.4, -0.2) is 5.97 Å². The molecule has 114 valence electrons. The Morgan fingerprint density at radius 1 is 0.609 bits per heavy atom. The van der Waals surface area contributed by atoms with Gasteiger partial charge in [0.2, 0.25) is 0 Å². The summed E-state index contributed by atoms with van der Waals surface area (Å²) in [6.45, 7) is 0. The summed E-state index contributed by atoms with van der Waals surface area (Å²) in [6.07, 6.45) is 0. The highest BCUT2D eigenvalue weighted by molar-refractivity contribution is 5.76. The maximum atomic E-state index is 12.0. The molecule has 0 unspecified atom stereocenters. The number of rotatable bonds is 5. The molecular formula is C21H17O2-. The zero-order valence-electron chi connectivity index (χ0n) is 12.6. The highest BCUT2D eigenvalue weighted by Crippen LogP contribution is 2.38. The van der Waals surface area contributed by atoms with Gasteiger partial charge in [-0.1, -0.05) is 91.0 Å². The van der Waals surface area contributed by atoms with Crippen LogP contribution in [0.5, 0.6) is 0 Å². The second kappa shape index (κ2) is 6.93. The highest BCUT2D eigenvalue weighted by atomic mass is 16.4. The molecule has 0 aliphatic heterocycles. The SMILES string of the molecule is O=C([O-])[C@H](c1ccccc1)C(c1ccccc1)c1ccccc1. The molecule has 0 fully saturated rings. The van der Waals surface area contributed by atoms with Gasteiger partial charge in [-0.2, -0.15) is 0 Å².